The van der Waals surface area contributed by atoms with Gasteiger partial charge in [0, 0.05) is 32.0 Å². The lowest BCUT2D eigenvalue weighted by atomic mass is 9.96. The van der Waals surface area contributed by atoms with Crippen molar-refractivity contribution in [3.63, 3.8) is 0 Å². The van der Waals surface area contributed by atoms with Gasteiger partial charge in [-0.2, -0.15) is 0 Å². The van der Waals surface area contributed by atoms with Crippen LogP contribution in [0.3, 0.4) is 0 Å². The third-order valence-corrected chi connectivity index (χ3v) is 9.80. The summed E-state index contributed by atoms with van der Waals surface area (Å²) in [5.41, 5.74) is 7.79. The smallest absolute Gasteiger partial charge is 0.161 e. The minimum absolute atomic E-state index is 0.739. The molecular weight excluding hydrogens is 565 g/mol. The standard InChI is InChI=1S/C42H26N2S/c1-3-13-27(14-4-1)29-17-11-18-30(25-29)31-19-12-20-32(26-31)41-43-39(28-15-5-2-6-16-28)38-37-35-23-9-7-21-33(35)34-22-8-10-24-36(34)40(37)45-42(38)44-41/h1-26H. The molecule has 0 saturated carbocycles. The Hall–Kier alpha value is -5.64. The van der Waals surface area contributed by atoms with Crippen LogP contribution < -0.4 is 0 Å². The summed E-state index contributed by atoms with van der Waals surface area (Å²) in [6.45, 7) is 0. The van der Waals surface area contributed by atoms with E-state index < -0.39 is 0 Å². The third kappa shape index (κ3) is 4.32. The summed E-state index contributed by atoms with van der Waals surface area (Å²) in [5.74, 6) is 0.739. The second-order valence-electron chi connectivity index (χ2n) is 11.4. The van der Waals surface area contributed by atoms with Crippen LogP contribution in [0.1, 0.15) is 0 Å². The lowest BCUT2D eigenvalue weighted by Crippen LogP contribution is -1.94. The summed E-state index contributed by atoms with van der Waals surface area (Å²) in [5, 5.41) is 7.39. The molecule has 0 saturated heterocycles. The zero-order valence-corrected chi connectivity index (χ0v) is 25.1. The van der Waals surface area contributed by atoms with Gasteiger partial charge in [0.1, 0.15) is 4.83 Å². The maximum Gasteiger partial charge on any atom is 0.161 e. The Morgan fingerprint density at radius 3 is 1.53 bits per heavy atom. The van der Waals surface area contributed by atoms with Gasteiger partial charge in [-0.3, -0.25) is 0 Å². The van der Waals surface area contributed by atoms with Gasteiger partial charge in [-0.05, 0) is 50.5 Å². The molecule has 0 aliphatic heterocycles. The van der Waals surface area contributed by atoms with Crippen molar-refractivity contribution in [3.8, 4) is 44.9 Å². The van der Waals surface area contributed by atoms with Gasteiger partial charge in [0.05, 0.1) is 5.69 Å². The maximum absolute atomic E-state index is 5.35. The van der Waals surface area contributed by atoms with Crippen molar-refractivity contribution in [1.29, 1.82) is 0 Å². The predicted molar refractivity (Wildman–Crippen MR) is 192 cm³/mol. The van der Waals surface area contributed by atoms with Gasteiger partial charge in [0.25, 0.3) is 0 Å². The van der Waals surface area contributed by atoms with E-state index in [0.717, 1.165) is 38.4 Å². The predicted octanol–water partition coefficient (Wildman–Crippen LogP) is 11.8. The molecule has 0 bridgehead atoms. The highest BCUT2D eigenvalue weighted by molar-refractivity contribution is 7.26. The Balaban J connectivity index is 1.29. The molecule has 45 heavy (non-hydrogen) atoms. The Morgan fingerprint density at radius 2 is 0.844 bits per heavy atom. The van der Waals surface area contributed by atoms with Gasteiger partial charge in [-0.1, -0.05) is 146 Å². The first-order chi connectivity index (χ1) is 22.3. The van der Waals surface area contributed by atoms with Crippen LogP contribution in [-0.4, -0.2) is 9.97 Å². The fraction of sp³-hybridized carbons (Fsp3) is 0. The quantitative estimate of drug-likeness (QED) is 0.191. The number of benzene rings is 7. The number of hydrogen-bond acceptors (Lipinski definition) is 3. The van der Waals surface area contributed by atoms with Crippen LogP contribution in [0.25, 0.3) is 86.7 Å². The van der Waals surface area contributed by atoms with Gasteiger partial charge in [-0.25, -0.2) is 9.97 Å². The lowest BCUT2D eigenvalue weighted by Gasteiger charge is -2.11. The molecule has 9 rings (SSSR count). The SMILES string of the molecule is c1ccc(-c2cccc(-c3cccc(-c4nc(-c5ccccc5)c5c(n4)sc4c6ccccc6c6ccccc6c45)c3)c2)cc1. The summed E-state index contributed by atoms with van der Waals surface area (Å²) in [4.78, 5) is 11.6. The Bertz CT molecular complexity index is 2530. The summed E-state index contributed by atoms with van der Waals surface area (Å²) in [6.07, 6.45) is 0. The van der Waals surface area contributed by atoms with Crippen LogP contribution in [0, 0.1) is 0 Å². The average molecular weight is 591 g/mol. The number of thiophene rings is 1. The molecule has 0 spiro atoms. The summed E-state index contributed by atoms with van der Waals surface area (Å²) < 4.78 is 1.26. The third-order valence-electron chi connectivity index (χ3n) is 8.68. The van der Waals surface area contributed by atoms with Gasteiger partial charge < -0.3 is 0 Å². The first-order valence-electron chi connectivity index (χ1n) is 15.2. The van der Waals surface area contributed by atoms with E-state index in [4.69, 9.17) is 9.97 Å². The van der Waals surface area contributed by atoms with Crippen molar-refractivity contribution >= 4 is 53.2 Å². The Labute approximate surface area is 264 Å². The van der Waals surface area contributed by atoms with Crippen LogP contribution in [0.2, 0.25) is 0 Å². The van der Waals surface area contributed by atoms with Crippen molar-refractivity contribution in [1.82, 2.24) is 9.97 Å². The van der Waals surface area contributed by atoms with Gasteiger partial charge in [0.15, 0.2) is 5.82 Å². The van der Waals surface area contributed by atoms with Crippen molar-refractivity contribution in [2.45, 2.75) is 0 Å². The molecule has 0 N–H and O–H groups in total. The fourth-order valence-electron chi connectivity index (χ4n) is 6.58. The zero-order chi connectivity index (χ0) is 29.7. The van der Waals surface area contributed by atoms with Crippen molar-refractivity contribution < 1.29 is 0 Å². The normalized spacial score (nSPS) is 11.6. The minimum atomic E-state index is 0.739. The second-order valence-corrected chi connectivity index (χ2v) is 12.4. The molecule has 0 amide bonds. The van der Waals surface area contributed by atoms with Crippen molar-refractivity contribution in [2.24, 2.45) is 0 Å². The molecule has 2 nitrogen and oxygen atoms in total. The molecule has 210 valence electrons. The maximum atomic E-state index is 5.35. The van der Waals surface area contributed by atoms with Gasteiger partial charge in [0.2, 0.25) is 0 Å². The fourth-order valence-corrected chi connectivity index (χ4v) is 7.81. The van der Waals surface area contributed by atoms with E-state index in [-0.39, 0.29) is 0 Å². The molecule has 0 aliphatic rings. The monoisotopic (exact) mass is 590 g/mol. The first-order valence-corrected chi connectivity index (χ1v) is 16.0. The van der Waals surface area contributed by atoms with Crippen LogP contribution in [0.5, 0.6) is 0 Å². The highest BCUT2D eigenvalue weighted by atomic mass is 32.1. The van der Waals surface area contributed by atoms with E-state index in [2.05, 4.69) is 158 Å². The molecule has 0 atom stereocenters. The Kier molecular flexibility index (Phi) is 6.03. The molecule has 2 aromatic heterocycles. The van der Waals surface area contributed by atoms with Gasteiger partial charge in [-0.15, -0.1) is 11.3 Å². The molecule has 7 aromatic carbocycles. The van der Waals surface area contributed by atoms with Crippen LogP contribution in [0.15, 0.2) is 158 Å². The van der Waals surface area contributed by atoms with E-state index in [0.29, 0.717) is 0 Å². The summed E-state index contributed by atoms with van der Waals surface area (Å²) in [7, 11) is 0. The number of aromatic nitrogens is 2. The van der Waals surface area contributed by atoms with E-state index in [1.807, 2.05) is 0 Å². The number of hydrogen-bond donors (Lipinski definition) is 0. The molecule has 0 unspecified atom stereocenters. The number of nitrogens with zero attached hydrogens (tertiary/aromatic N) is 2. The largest absolute Gasteiger partial charge is 0.227 e. The van der Waals surface area contributed by atoms with Crippen LogP contribution in [-0.2, 0) is 0 Å². The first kappa shape index (κ1) is 25.8. The van der Waals surface area contributed by atoms with E-state index in [1.54, 1.807) is 11.3 Å². The number of rotatable bonds is 4. The molecule has 2 heterocycles. The van der Waals surface area contributed by atoms with E-state index in [1.165, 1.54) is 48.3 Å². The lowest BCUT2D eigenvalue weighted by molar-refractivity contribution is 1.24. The van der Waals surface area contributed by atoms with Crippen LogP contribution in [0.4, 0.5) is 0 Å². The van der Waals surface area contributed by atoms with E-state index in [9.17, 15) is 0 Å². The number of fused-ring (bicyclic) bond motifs is 8. The van der Waals surface area contributed by atoms with Crippen molar-refractivity contribution in [2.75, 3.05) is 0 Å². The average Bonchev–Trinajstić information content (AvgIpc) is 3.52. The summed E-state index contributed by atoms with van der Waals surface area (Å²) >= 11 is 1.77. The highest BCUT2D eigenvalue weighted by Gasteiger charge is 2.20. The van der Waals surface area contributed by atoms with E-state index >= 15 is 0 Å². The minimum Gasteiger partial charge on any atom is -0.227 e. The zero-order valence-electron chi connectivity index (χ0n) is 24.3. The molecule has 0 radical (unpaired) electrons. The Morgan fingerprint density at radius 1 is 0.356 bits per heavy atom. The van der Waals surface area contributed by atoms with Gasteiger partial charge >= 0.3 is 0 Å². The summed E-state index contributed by atoms with van der Waals surface area (Å²) in [6, 6.07) is 55.9. The molecular formula is C42H26N2S. The van der Waals surface area contributed by atoms with Crippen LogP contribution >= 0.6 is 11.3 Å². The molecule has 9 aromatic rings. The molecule has 3 heteroatoms. The molecule has 0 aliphatic carbocycles. The topological polar surface area (TPSA) is 25.8 Å². The van der Waals surface area contributed by atoms with Crippen molar-refractivity contribution in [3.05, 3.63) is 158 Å². The second kappa shape index (κ2) is 10.5. The molecule has 0 fully saturated rings. The highest BCUT2D eigenvalue weighted by Crippen LogP contribution is 2.46.